The molecule has 16 heavy (non-hydrogen) atoms. The lowest BCUT2D eigenvalue weighted by atomic mass is 9.88. The molecule has 1 aliphatic carbocycles. The monoisotopic (exact) mass is 224 g/mol. The number of ether oxygens (including phenoxy) is 1. The fourth-order valence-electron chi connectivity index (χ4n) is 3.23. The molecule has 3 aliphatic rings. The highest BCUT2D eigenvalue weighted by molar-refractivity contribution is 5.07. The van der Waals surface area contributed by atoms with Gasteiger partial charge in [-0.3, -0.25) is 4.90 Å². The van der Waals surface area contributed by atoms with E-state index in [4.69, 9.17) is 4.74 Å². The Bertz CT molecular complexity index is 267. The summed E-state index contributed by atoms with van der Waals surface area (Å²) in [7, 11) is 0. The maximum absolute atomic E-state index is 6.51. The highest BCUT2D eigenvalue weighted by Crippen LogP contribution is 2.48. The van der Waals surface area contributed by atoms with Crippen LogP contribution >= 0.6 is 0 Å². The third-order valence-electron chi connectivity index (χ3n) is 4.47. The second kappa shape index (κ2) is 3.69. The van der Waals surface area contributed by atoms with Crippen LogP contribution in [0.4, 0.5) is 0 Å². The molecule has 0 aromatic rings. The molecule has 92 valence electrons. The van der Waals surface area contributed by atoms with Crippen molar-refractivity contribution in [2.45, 2.75) is 56.8 Å². The van der Waals surface area contributed by atoms with Crippen LogP contribution in [0, 0.1) is 0 Å². The Morgan fingerprint density at radius 1 is 1.00 bits per heavy atom. The van der Waals surface area contributed by atoms with Crippen LogP contribution in [0.5, 0.6) is 0 Å². The van der Waals surface area contributed by atoms with Crippen LogP contribution in [-0.2, 0) is 4.74 Å². The van der Waals surface area contributed by atoms with Gasteiger partial charge in [-0.15, -0.1) is 0 Å². The lowest BCUT2D eigenvalue weighted by Crippen LogP contribution is -2.61. The SMILES string of the molecule is CC(C)N1CC2(CCNCC2)OC2(CC2)C1. The smallest absolute Gasteiger partial charge is 0.0841 e. The first-order chi connectivity index (χ1) is 7.63. The van der Waals surface area contributed by atoms with E-state index in [9.17, 15) is 0 Å². The standard InChI is InChI=1S/C13H24N2O/c1-11(2)15-9-12(3-4-12)16-13(10-15)5-7-14-8-6-13/h11,14H,3-10H2,1-2H3. The van der Waals surface area contributed by atoms with Crippen molar-refractivity contribution in [3.63, 3.8) is 0 Å². The van der Waals surface area contributed by atoms with Crippen LogP contribution in [0.25, 0.3) is 0 Å². The van der Waals surface area contributed by atoms with E-state index in [-0.39, 0.29) is 11.2 Å². The van der Waals surface area contributed by atoms with Crippen molar-refractivity contribution in [1.29, 1.82) is 0 Å². The highest BCUT2D eigenvalue weighted by Gasteiger charge is 2.55. The quantitative estimate of drug-likeness (QED) is 0.728. The molecule has 0 bridgehead atoms. The summed E-state index contributed by atoms with van der Waals surface area (Å²) in [6.45, 7) is 9.20. The molecule has 0 aromatic carbocycles. The Hall–Kier alpha value is -0.120. The van der Waals surface area contributed by atoms with E-state index in [2.05, 4.69) is 24.1 Å². The zero-order chi connectivity index (χ0) is 11.2. The van der Waals surface area contributed by atoms with Crippen molar-refractivity contribution in [3.8, 4) is 0 Å². The number of morpholine rings is 1. The summed E-state index contributed by atoms with van der Waals surface area (Å²) in [4.78, 5) is 2.64. The number of rotatable bonds is 1. The molecule has 3 fully saturated rings. The Balaban J connectivity index is 1.78. The first-order valence-corrected chi connectivity index (χ1v) is 6.78. The van der Waals surface area contributed by atoms with E-state index >= 15 is 0 Å². The highest BCUT2D eigenvalue weighted by atomic mass is 16.5. The molecule has 0 radical (unpaired) electrons. The van der Waals surface area contributed by atoms with Gasteiger partial charge in [0.2, 0.25) is 0 Å². The Morgan fingerprint density at radius 2 is 1.56 bits per heavy atom. The maximum atomic E-state index is 6.51. The summed E-state index contributed by atoms with van der Waals surface area (Å²) >= 11 is 0. The summed E-state index contributed by atoms with van der Waals surface area (Å²) < 4.78 is 6.51. The molecule has 3 rings (SSSR count). The Morgan fingerprint density at radius 3 is 2.06 bits per heavy atom. The normalized spacial score (nSPS) is 32.4. The third kappa shape index (κ3) is 1.89. The molecular formula is C13H24N2O. The molecule has 2 aliphatic heterocycles. The minimum atomic E-state index is 0.171. The predicted molar refractivity (Wildman–Crippen MR) is 64.6 cm³/mol. The topological polar surface area (TPSA) is 24.5 Å². The average molecular weight is 224 g/mol. The second-order valence-electron chi connectivity index (χ2n) is 6.22. The van der Waals surface area contributed by atoms with Gasteiger partial charge in [-0.2, -0.15) is 0 Å². The first kappa shape index (κ1) is 11.0. The Kier molecular flexibility index (Phi) is 2.54. The summed E-state index contributed by atoms with van der Waals surface area (Å²) in [6, 6.07) is 0.660. The van der Waals surface area contributed by atoms with Gasteiger partial charge in [0.1, 0.15) is 0 Å². The fourth-order valence-corrected chi connectivity index (χ4v) is 3.23. The lowest BCUT2D eigenvalue weighted by Gasteiger charge is -2.50. The number of hydrogen-bond donors (Lipinski definition) is 1. The molecule has 2 spiro atoms. The molecule has 0 aromatic heterocycles. The van der Waals surface area contributed by atoms with Crippen molar-refractivity contribution in [2.75, 3.05) is 26.2 Å². The minimum Gasteiger partial charge on any atom is -0.366 e. The van der Waals surface area contributed by atoms with Crippen LogP contribution in [-0.4, -0.2) is 48.3 Å². The van der Waals surface area contributed by atoms with E-state index < -0.39 is 0 Å². The number of piperidine rings is 1. The van der Waals surface area contributed by atoms with E-state index in [0.717, 1.165) is 19.6 Å². The van der Waals surface area contributed by atoms with E-state index in [1.165, 1.54) is 32.2 Å². The van der Waals surface area contributed by atoms with Gasteiger partial charge < -0.3 is 10.1 Å². The van der Waals surface area contributed by atoms with E-state index in [1.54, 1.807) is 0 Å². The van der Waals surface area contributed by atoms with Crippen LogP contribution in [0.3, 0.4) is 0 Å². The number of nitrogens with zero attached hydrogens (tertiary/aromatic N) is 1. The first-order valence-electron chi connectivity index (χ1n) is 6.78. The van der Waals surface area contributed by atoms with E-state index in [0.29, 0.717) is 6.04 Å². The van der Waals surface area contributed by atoms with Crippen LogP contribution < -0.4 is 5.32 Å². The van der Waals surface area contributed by atoms with Crippen molar-refractivity contribution in [3.05, 3.63) is 0 Å². The molecule has 0 unspecified atom stereocenters. The molecular weight excluding hydrogens is 200 g/mol. The van der Waals surface area contributed by atoms with Gasteiger partial charge in [0.05, 0.1) is 11.2 Å². The third-order valence-corrected chi connectivity index (χ3v) is 4.47. The van der Waals surface area contributed by atoms with E-state index in [1.807, 2.05) is 0 Å². The Labute approximate surface area is 98.5 Å². The predicted octanol–water partition coefficient (Wildman–Crippen LogP) is 1.38. The van der Waals surface area contributed by atoms with Crippen LogP contribution in [0.1, 0.15) is 39.5 Å². The van der Waals surface area contributed by atoms with Crippen molar-refractivity contribution >= 4 is 0 Å². The van der Waals surface area contributed by atoms with Gasteiger partial charge in [-0.1, -0.05) is 0 Å². The zero-order valence-electron chi connectivity index (χ0n) is 10.6. The molecule has 1 saturated carbocycles. The van der Waals surface area contributed by atoms with Gasteiger partial charge in [0, 0.05) is 19.1 Å². The van der Waals surface area contributed by atoms with Crippen LogP contribution in [0.15, 0.2) is 0 Å². The zero-order valence-corrected chi connectivity index (χ0v) is 10.6. The second-order valence-corrected chi connectivity index (χ2v) is 6.22. The van der Waals surface area contributed by atoms with Crippen molar-refractivity contribution in [1.82, 2.24) is 10.2 Å². The molecule has 2 heterocycles. The summed E-state index contributed by atoms with van der Waals surface area (Å²) in [5.41, 5.74) is 0.421. The van der Waals surface area contributed by atoms with Gasteiger partial charge >= 0.3 is 0 Å². The van der Waals surface area contributed by atoms with Crippen LogP contribution in [0.2, 0.25) is 0 Å². The molecule has 2 saturated heterocycles. The summed E-state index contributed by atoms with van der Waals surface area (Å²) in [6.07, 6.45) is 4.95. The minimum absolute atomic E-state index is 0.171. The number of hydrogen-bond acceptors (Lipinski definition) is 3. The fraction of sp³-hybridized carbons (Fsp3) is 1.00. The molecule has 0 atom stereocenters. The molecule has 3 heteroatoms. The largest absolute Gasteiger partial charge is 0.366 e. The van der Waals surface area contributed by atoms with Gasteiger partial charge in [0.25, 0.3) is 0 Å². The average Bonchev–Trinajstić information content (AvgIpc) is 2.97. The van der Waals surface area contributed by atoms with Crippen molar-refractivity contribution in [2.24, 2.45) is 0 Å². The van der Waals surface area contributed by atoms with Gasteiger partial charge in [-0.05, 0) is 52.6 Å². The molecule has 1 N–H and O–H groups in total. The van der Waals surface area contributed by atoms with Crippen molar-refractivity contribution < 1.29 is 4.74 Å². The van der Waals surface area contributed by atoms with Gasteiger partial charge in [-0.25, -0.2) is 0 Å². The number of nitrogens with one attached hydrogen (secondary N) is 1. The summed E-state index contributed by atoms with van der Waals surface area (Å²) in [5, 5.41) is 3.45. The van der Waals surface area contributed by atoms with Gasteiger partial charge in [0.15, 0.2) is 0 Å². The molecule has 3 nitrogen and oxygen atoms in total. The molecule has 0 amide bonds. The lowest BCUT2D eigenvalue weighted by molar-refractivity contribution is -0.184. The summed E-state index contributed by atoms with van der Waals surface area (Å²) in [5.74, 6) is 0. The maximum Gasteiger partial charge on any atom is 0.0841 e.